The van der Waals surface area contributed by atoms with Gasteiger partial charge < -0.3 is 20.3 Å². The second-order valence-corrected chi connectivity index (χ2v) is 10.2. The average Bonchev–Trinajstić information content (AvgIpc) is 3.44. The first-order valence-corrected chi connectivity index (χ1v) is 13.3. The predicted molar refractivity (Wildman–Crippen MR) is 139 cm³/mol. The Labute approximate surface area is 215 Å². The normalized spacial score (nSPS) is 18.0. The fraction of sp³-hybridized carbons (Fsp3) is 0.407. The van der Waals surface area contributed by atoms with E-state index in [1.807, 2.05) is 35.2 Å². The van der Waals surface area contributed by atoms with Gasteiger partial charge in [-0.15, -0.1) is 11.3 Å². The summed E-state index contributed by atoms with van der Waals surface area (Å²) in [6.45, 7) is 2.69. The summed E-state index contributed by atoms with van der Waals surface area (Å²) in [5, 5.41) is 8.91. The third-order valence-electron chi connectivity index (χ3n) is 7.23. The highest BCUT2D eigenvalue weighted by Gasteiger charge is 2.44. The number of likely N-dealkylation sites (tertiary alicyclic amines) is 1. The minimum Gasteiger partial charge on any atom is -0.496 e. The molecule has 3 aromatic rings. The highest BCUT2D eigenvalue weighted by molar-refractivity contribution is 7.13. The molecular weight excluding hydrogens is 474 g/mol. The molecule has 1 aromatic carbocycles. The second-order valence-electron chi connectivity index (χ2n) is 9.37. The first-order chi connectivity index (χ1) is 17.6. The predicted octanol–water partition coefficient (Wildman–Crippen LogP) is 3.47. The lowest BCUT2D eigenvalue weighted by atomic mass is 9.84. The van der Waals surface area contributed by atoms with Crippen LogP contribution >= 0.6 is 11.3 Å². The van der Waals surface area contributed by atoms with Gasteiger partial charge in [0.05, 0.1) is 7.11 Å². The Kier molecular flexibility index (Phi) is 7.29. The molecule has 0 atom stereocenters. The number of carbonyl (C=O) groups excluding carboxylic acids is 2. The van der Waals surface area contributed by atoms with Crippen LogP contribution in [0.1, 0.15) is 47.7 Å². The van der Waals surface area contributed by atoms with Crippen LogP contribution in [0.2, 0.25) is 0 Å². The van der Waals surface area contributed by atoms with E-state index >= 15 is 0 Å². The number of aromatic nitrogens is 2. The van der Waals surface area contributed by atoms with E-state index in [1.165, 1.54) is 16.9 Å². The lowest BCUT2D eigenvalue weighted by molar-refractivity contribution is -0.140. The molecule has 8 nitrogen and oxygen atoms in total. The van der Waals surface area contributed by atoms with Crippen molar-refractivity contribution < 1.29 is 14.3 Å². The van der Waals surface area contributed by atoms with Gasteiger partial charge >= 0.3 is 0 Å². The van der Waals surface area contributed by atoms with Crippen molar-refractivity contribution in [2.75, 3.05) is 33.3 Å². The van der Waals surface area contributed by atoms with Crippen molar-refractivity contribution >= 4 is 23.2 Å². The van der Waals surface area contributed by atoms with Gasteiger partial charge in [-0.1, -0.05) is 18.2 Å². The van der Waals surface area contributed by atoms with Gasteiger partial charge in [-0.25, -0.2) is 4.98 Å². The molecule has 0 saturated carbocycles. The van der Waals surface area contributed by atoms with Gasteiger partial charge in [0.25, 0.3) is 5.91 Å². The van der Waals surface area contributed by atoms with Crippen molar-refractivity contribution in [3.05, 3.63) is 65.4 Å². The van der Waals surface area contributed by atoms with Crippen molar-refractivity contribution in [1.29, 1.82) is 0 Å². The minimum atomic E-state index is -0.919. The number of rotatable bonds is 6. The van der Waals surface area contributed by atoms with Gasteiger partial charge in [0.2, 0.25) is 5.91 Å². The zero-order valence-electron chi connectivity index (χ0n) is 20.4. The largest absolute Gasteiger partial charge is 0.496 e. The molecule has 36 heavy (non-hydrogen) atoms. The van der Waals surface area contributed by atoms with E-state index in [-0.39, 0.29) is 11.8 Å². The first kappa shape index (κ1) is 24.4. The van der Waals surface area contributed by atoms with Crippen LogP contribution < -0.4 is 15.4 Å². The molecule has 2 aliphatic rings. The monoisotopic (exact) mass is 505 g/mol. The Morgan fingerprint density at radius 2 is 1.92 bits per heavy atom. The summed E-state index contributed by atoms with van der Waals surface area (Å²) in [7, 11) is 1.70. The molecule has 0 unspecified atom stereocenters. The Hall–Kier alpha value is -3.30. The fourth-order valence-electron chi connectivity index (χ4n) is 5.23. The van der Waals surface area contributed by atoms with Crippen molar-refractivity contribution in [3.8, 4) is 16.3 Å². The number of thiazole rings is 1. The lowest BCUT2D eigenvalue weighted by Gasteiger charge is -2.42. The molecular formula is C27H31N5O3S. The minimum absolute atomic E-state index is 0.0125. The Morgan fingerprint density at radius 3 is 2.64 bits per heavy atom. The van der Waals surface area contributed by atoms with E-state index in [0.29, 0.717) is 50.6 Å². The van der Waals surface area contributed by atoms with Crippen molar-refractivity contribution in [3.63, 3.8) is 0 Å². The number of hydrogen-bond donors (Lipinski definition) is 2. The van der Waals surface area contributed by atoms with Crippen LogP contribution in [0, 0.1) is 0 Å². The summed E-state index contributed by atoms with van der Waals surface area (Å²) < 4.78 is 5.56. The number of piperidine rings is 2. The molecule has 2 N–H and O–H groups in total. The molecule has 2 aromatic heterocycles. The molecule has 188 valence electrons. The smallest absolute Gasteiger partial charge is 0.271 e. The number of amides is 2. The van der Waals surface area contributed by atoms with Gasteiger partial charge in [0.1, 0.15) is 22.0 Å². The van der Waals surface area contributed by atoms with Crippen LogP contribution in [0.15, 0.2) is 54.2 Å². The molecule has 2 aliphatic heterocycles. The van der Waals surface area contributed by atoms with Crippen LogP contribution in [0.4, 0.5) is 0 Å². The van der Waals surface area contributed by atoms with E-state index < -0.39 is 5.54 Å². The summed E-state index contributed by atoms with van der Waals surface area (Å²) in [5.41, 5.74) is 1.48. The van der Waals surface area contributed by atoms with Gasteiger partial charge in [-0.3, -0.25) is 14.6 Å². The molecule has 9 heteroatoms. The van der Waals surface area contributed by atoms with Crippen LogP contribution in [0.3, 0.4) is 0 Å². The van der Waals surface area contributed by atoms with Gasteiger partial charge in [-0.2, -0.15) is 0 Å². The summed E-state index contributed by atoms with van der Waals surface area (Å²) in [4.78, 5) is 37.7. The van der Waals surface area contributed by atoms with Gasteiger partial charge in [-0.05, 0) is 68.5 Å². The summed E-state index contributed by atoms with van der Waals surface area (Å²) in [6.07, 6.45) is 6.29. The zero-order chi connectivity index (χ0) is 25.0. The number of carbonyl (C=O) groups is 2. The first-order valence-electron chi connectivity index (χ1n) is 12.4. The average molecular weight is 506 g/mol. The Bertz CT molecular complexity index is 1200. The summed E-state index contributed by atoms with van der Waals surface area (Å²) in [6, 6.07) is 11.9. The molecule has 0 radical (unpaired) electrons. The zero-order valence-corrected chi connectivity index (χ0v) is 21.2. The SMILES string of the molecule is COc1ccccc1C1CCN(C(=O)C2(NC(=O)c3csc(-c4cccnc4)n3)CCNCC2)CC1. The van der Waals surface area contributed by atoms with Gasteiger partial charge in [0.15, 0.2) is 0 Å². The van der Waals surface area contributed by atoms with Crippen LogP contribution in [0.25, 0.3) is 10.6 Å². The summed E-state index contributed by atoms with van der Waals surface area (Å²) in [5.74, 6) is 0.960. The second kappa shape index (κ2) is 10.8. The highest BCUT2D eigenvalue weighted by Crippen LogP contribution is 2.35. The van der Waals surface area contributed by atoms with Crippen molar-refractivity contribution in [2.24, 2.45) is 0 Å². The Morgan fingerprint density at radius 1 is 1.14 bits per heavy atom. The third-order valence-corrected chi connectivity index (χ3v) is 8.12. The topological polar surface area (TPSA) is 96.5 Å². The molecule has 0 bridgehead atoms. The number of ether oxygens (including phenoxy) is 1. The van der Waals surface area contributed by atoms with Crippen LogP contribution in [-0.2, 0) is 4.79 Å². The number of para-hydroxylation sites is 1. The van der Waals surface area contributed by atoms with E-state index in [0.717, 1.165) is 29.2 Å². The number of methoxy groups -OCH3 is 1. The quantitative estimate of drug-likeness (QED) is 0.533. The maximum absolute atomic E-state index is 13.9. The van der Waals surface area contributed by atoms with Gasteiger partial charge in [0, 0.05) is 36.4 Å². The maximum Gasteiger partial charge on any atom is 0.271 e. The molecule has 2 saturated heterocycles. The Balaban J connectivity index is 1.29. The van der Waals surface area contributed by atoms with Crippen molar-refractivity contribution in [2.45, 2.75) is 37.1 Å². The fourth-order valence-corrected chi connectivity index (χ4v) is 6.02. The third kappa shape index (κ3) is 4.99. The van der Waals surface area contributed by atoms with E-state index in [2.05, 4.69) is 26.7 Å². The van der Waals surface area contributed by atoms with Crippen LogP contribution in [-0.4, -0.2) is 65.5 Å². The molecule has 5 rings (SSSR count). The van der Waals surface area contributed by atoms with E-state index in [1.54, 1.807) is 24.9 Å². The number of nitrogens with one attached hydrogen (secondary N) is 2. The lowest BCUT2D eigenvalue weighted by Crippen LogP contribution is -2.64. The number of benzene rings is 1. The summed E-state index contributed by atoms with van der Waals surface area (Å²) >= 11 is 1.40. The van der Waals surface area contributed by atoms with Crippen LogP contribution in [0.5, 0.6) is 5.75 Å². The van der Waals surface area contributed by atoms with E-state index in [4.69, 9.17) is 4.74 Å². The highest BCUT2D eigenvalue weighted by atomic mass is 32.1. The standard InChI is InChI=1S/C27H31N5O3S/c1-35-23-7-3-2-6-21(23)19-8-15-32(16-9-19)26(34)27(10-13-28-14-11-27)31-24(33)22-18-36-25(30-22)20-5-4-12-29-17-20/h2-7,12,17-19,28H,8-11,13-16H2,1H3,(H,31,33). The number of nitrogens with zero attached hydrogens (tertiary/aromatic N) is 3. The molecule has 2 fully saturated rings. The maximum atomic E-state index is 13.9. The molecule has 0 spiro atoms. The van der Waals surface area contributed by atoms with Crippen molar-refractivity contribution in [1.82, 2.24) is 25.5 Å². The number of pyridine rings is 1. The number of hydrogen-bond acceptors (Lipinski definition) is 7. The molecule has 2 amide bonds. The molecule has 4 heterocycles. The molecule has 0 aliphatic carbocycles. The van der Waals surface area contributed by atoms with E-state index in [9.17, 15) is 9.59 Å².